The minimum absolute atomic E-state index is 0.0161. The lowest BCUT2D eigenvalue weighted by atomic mass is 10.0. The molecule has 0 radical (unpaired) electrons. The van der Waals surface area contributed by atoms with Crippen LogP contribution in [0.2, 0.25) is 0 Å². The van der Waals surface area contributed by atoms with E-state index in [9.17, 15) is 0 Å². The van der Waals surface area contributed by atoms with Gasteiger partial charge >= 0.3 is 0 Å². The van der Waals surface area contributed by atoms with Gasteiger partial charge in [-0.25, -0.2) is 0 Å². The van der Waals surface area contributed by atoms with Gasteiger partial charge in [0.2, 0.25) is 0 Å². The zero-order chi connectivity index (χ0) is 17.1. The van der Waals surface area contributed by atoms with Gasteiger partial charge in [-0.3, -0.25) is 0 Å². The Morgan fingerprint density at radius 1 is 0.957 bits per heavy atom. The number of nitrogens with zero attached hydrogens (tertiary/aromatic N) is 1. The monoisotopic (exact) mass is 339 g/mol. The van der Waals surface area contributed by atoms with E-state index in [-0.39, 0.29) is 6.10 Å². The molecule has 0 amide bonds. The molecule has 0 aliphatic carbocycles. The van der Waals surface area contributed by atoms with Gasteiger partial charge < -0.3 is 19.0 Å². The highest BCUT2D eigenvalue weighted by Crippen LogP contribution is 2.25. The van der Waals surface area contributed by atoms with Crippen LogP contribution in [0.3, 0.4) is 0 Å². The highest BCUT2D eigenvalue weighted by Gasteiger charge is 2.13. The predicted octanol–water partition coefficient (Wildman–Crippen LogP) is 0.419. The van der Waals surface area contributed by atoms with Crippen molar-refractivity contribution in [3.63, 3.8) is 0 Å². The highest BCUT2D eigenvalue weighted by molar-refractivity contribution is 5.29. The maximum atomic E-state index is 8.52. The smallest absolute Gasteiger partial charge is 0.282 e. The lowest BCUT2D eigenvalue weighted by Gasteiger charge is -2.20. The first-order chi connectivity index (χ1) is 11.0. The summed E-state index contributed by atoms with van der Waals surface area (Å²) in [5.41, 5.74) is 2.40. The number of ether oxygens (including phenoxy) is 1. The molecule has 0 bridgehead atoms. The van der Waals surface area contributed by atoms with Crippen molar-refractivity contribution in [3.05, 3.63) is 71.8 Å². The number of likely N-dealkylation sites (N-methyl/N-ethyl adjacent to an activating group) is 1. The van der Waals surface area contributed by atoms with Crippen LogP contribution in [0, 0.1) is 10.8 Å². The average molecular weight is 340 g/mol. The van der Waals surface area contributed by atoms with Crippen LogP contribution >= 0.6 is 0 Å². The van der Waals surface area contributed by atoms with Crippen LogP contribution in [-0.4, -0.2) is 36.8 Å². The Bertz CT molecular complexity index is 480. The van der Waals surface area contributed by atoms with Crippen LogP contribution in [-0.2, 0) is 4.74 Å². The molecule has 2 aromatic rings. The Kier molecular flexibility index (Phi) is 9.47. The molecule has 0 saturated carbocycles. The summed E-state index contributed by atoms with van der Waals surface area (Å²) in [4.78, 5) is 2.13. The minimum Gasteiger partial charge on any atom is -0.367 e. The molecular formula is C17H22ClNO4. The molecule has 0 heterocycles. The maximum Gasteiger partial charge on any atom is 0.282 e. The van der Waals surface area contributed by atoms with Crippen molar-refractivity contribution in [2.24, 2.45) is 0 Å². The van der Waals surface area contributed by atoms with Gasteiger partial charge in [-0.2, -0.15) is 0 Å². The second-order valence-electron chi connectivity index (χ2n) is 5.08. The van der Waals surface area contributed by atoms with E-state index >= 15 is 0 Å². The van der Waals surface area contributed by atoms with Crippen LogP contribution in [0.5, 0.6) is 0 Å². The topological polar surface area (TPSA) is 78.8 Å². The second-order valence-corrected chi connectivity index (χ2v) is 5.48. The number of halogens is 1. The van der Waals surface area contributed by atoms with Gasteiger partial charge in [0.25, 0.3) is 10.8 Å². The summed E-state index contributed by atoms with van der Waals surface area (Å²) < 4.78 is 30.1. The SMILES string of the molecule is CN(C)CCOC(c1ccccc1)c1ccccc1.[O-][Cl+2]([O-])O. The number of hydrogen-bond donors (Lipinski definition) is 1. The molecule has 0 atom stereocenters. The molecule has 2 aromatic carbocycles. The summed E-state index contributed by atoms with van der Waals surface area (Å²) in [6, 6.07) is 20.8. The first-order valence-corrected chi connectivity index (χ1v) is 8.07. The van der Waals surface area contributed by atoms with Crippen molar-refractivity contribution < 1.29 is 29.5 Å². The summed E-state index contributed by atoms with van der Waals surface area (Å²) in [6.07, 6.45) is 0.0161. The van der Waals surface area contributed by atoms with Gasteiger partial charge in [-0.05, 0) is 25.2 Å². The first kappa shape index (κ1) is 19.6. The quantitative estimate of drug-likeness (QED) is 0.825. The van der Waals surface area contributed by atoms with Crippen LogP contribution in [0.1, 0.15) is 17.2 Å². The Morgan fingerprint density at radius 2 is 1.35 bits per heavy atom. The Labute approximate surface area is 140 Å². The van der Waals surface area contributed by atoms with Gasteiger partial charge in [0, 0.05) is 11.2 Å². The van der Waals surface area contributed by atoms with E-state index in [1.54, 1.807) is 0 Å². The number of benzene rings is 2. The fourth-order valence-electron chi connectivity index (χ4n) is 1.99. The highest BCUT2D eigenvalue weighted by atomic mass is 35.6. The molecule has 0 aliphatic heterocycles. The lowest BCUT2D eigenvalue weighted by molar-refractivity contribution is -1.63. The minimum atomic E-state index is -2.60. The maximum absolute atomic E-state index is 8.52. The molecule has 0 fully saturated rings. The van der Waals surface area contributed by atoms with Crippen molar-refractivity contribution in [3.8, 4) is 0 Å². The second kappa shape index (κ2) is 11.1. The van der Waals surface area contributed by atoms with Crippen molar-refractivity contribution >= 4 is 0 Å². The van der Waals surface area contributed by atoms with Gasteiger partial charge in [-0.15, -0.1) is 0 Å². The van der Waals surface area contributed by atoms with Crippen molar-refractivity contribution in [2.45, 2.75) is 6.10 Å². The molecule has 5 nitrogen and oxygen atoms in total. The molecule has 23 heavy (non-hydrogen) atoms. The summed E-state index contributed by atoms with van der Waals surface area (Å²) in [5, 5.41) is 0. The molecule has 6 heteroatoms. The molecule has 1 N–H and O–H groups in total. The van der Waals surface area contributed by atoms with E-state index in [1.807, 2.05) is 12.1 Å². The lowest BCUT2D eigenvalue weighted by Crippen LogP contribution is -2.30. The third-order valence-corrected chi connectivity index (χ3v) is 3.03. The fraction of sp³-hybridized carbons (Fsp3) is 0.294. The van der Waals surface area contributed by atoms with E-state index in [1.165, 1.54) is 11.1 Å². The molecule has 0 saturated heterocycles. The number of hydrogen-bond acceptors (Lipinski definition) is 5. The Balaban J connectivity index is 0.000000593. The van der Waals surface area contributed by atoms with Crippen LogP contribution in [0.25, 0.3) is 0 Å². The van der Waals surface area contributed by atoms with Crippen LogP contribution < -0.4 is 9.32 Å². The average Bonchev–Trinajstić information content (AvgIpc) is 2.52. The molecular weight excluding hydrogens is 318 g/mol. The number of rotatable bonds is 6. The van der Waals surface area contributed by atoms with E-state index in [0.717, 1.165) is 13.2 Å². The fourth-order valence-corrected chi connectivity index (χ4v) is 1.99. The van der Waals surface area contributed by atoms with Gasteiger partial charge in [0.1, 0.15) is 6.10 Å². The van der Waals surface area contributed by atoms with Gasteiger partial charge in [0.15, 0.2) is 0 Å². The molecule has 126 valence electrons. The van der Waals surface area contributed by atoms with E-state index in [2.05, 4.69) is 67.5 Å². The Morgan fingerprint density at radius 3 is 1.70 bits per heavy atom. The molecule has 0 aliphatic rings. The van der Waals surface area contributed by atoms with Crippen LogP contribution in [0.4, 0.5) is 0 Å². The van der Waals surface area contributed by atoms with Gasteiger partial charge in [-0.1, -0.05) is 60.7 Å². The van der Waals surface area contributed by atoms with Crippen molar-refractivity contribution in [2.75, 3.05) is 27.2 Å². The molecule has 0 aromatic heterocycles. The van der Waals surface area contributed by atoms with Crippen LogP contribution in [0.15, 0.2) is 60.7 Å². The molecule has 0 unspecified atom stereocenters. The standard InChI is InChI=1S/C17H21NO.ClHO3/c1-18(2)13-14-19-17(15-9-5-3-6-10-15)16-11-7-4-8-12-16;2-1(3)4/h3-12,17H,13-14H2,1-2H3;2H. The van der Waals surface area contributed by atoms with E-state index in [4.69, 9.17) is 18.7 Å². The Hall–Kier alpha value is -1.47. The summed E-state index contributed by atoms with van der Waals surface area (Å²) in [6.45, 7) is 1.65. The van der Waals surface area contributed by atoms with Gasteiger partial charge in [0.05, 0.1) is 6.61 Å². The van der Waals surface area contributed by atoms with Crippen molar-refractivity contribution in [1.29, 1.82) is 0 Å². The normalized spacial score (nSPS) is 10.8. The summed E-state index contributed by atoms with van der Waals surface area (Å²) >= 11 is 0. The molecule has 0 spiro atoms. The predicted molar refractivity (Wildman–Crippen MR) is 81.5 cm³/mol. The summed E-state index contributed by atoms with van der Waals surface area (Å²) in [7, 11) is 1.52. The summed E-state index contributed by atoms with van der Waals surface area (Å²) in [5.74, 6) is 0. The van der Waals surface area contributed by atoms with E-state index < -0.39 is 10.8 Å². The third-order valence-electron chi connectivity index (χ3n) is 3.03. The zero-order valence-corrected chi connectivity index (χ0v) is 14.0. The van der Waals surface area contributed by atoms with Crippen molar-refractivity contribution in [1.82, 2.24) is 4.90 Å². The zero-order valence-electron chi connectivity index (χ0n) is 13.3. The molecule has 2 rings (SSSR count). The first-order valence-electron chi connectivity index (χ1n) is 7.11. The van der Waals surface area contributed by atoms with E-state index in [0.29, 0.717) is 0 Å². The largest absolute Gasteiger partial charge is 0.367 e. The third kappa shape index (κ3) is 8.66.